The molecule has 0 radical (unpaired) electrons. The van der Waals surface area contributed by atoms with Crippen molar-refractivity contribution in [1.29, 1.82) is 0 Å². The third-order valence-corrected chi connectivity index (χ3v) is 8.32. The number of carbonyl (C=O) groups is 1. The first-order valence-electron chi connectivity index (χ1n) is 13.6. The molecule has 11 heteroatoms. The second-order valence-electron chi connectivity index (χ2n) is 10.3. The van der Waals surface area contributed by atoms with E-state index in [2.05, 4.69) is 66.9 Å². The summed E-state index contributed by atoms with van der Waals surface area (Å²) < 4.78 is 6.88. The van der Waals surface area contributed by atoms with Crippen LogP contribution in [0.2, 0.25) is 0 Å². The highest BCUT2D eigenvalue weighted by atomic mass is 32.1. The number of amides is 1. The third-order valence-electron chi connectivity index (χ3n) is 7.52. The van der Waals surface area contributed by atoms with Crippen molar-refractivity contribution in [3.8, 4) is 17.0 Å². The van der Waals surface area contributed by atoms with Crippen LogP contribution in [0.1, 0.15) is 6.92 Å². The van der Waals surface area contributed by atoms with Crippen LogP contribution in [0, 0.1) is 0 Å². The molecule has 0 unspecified atom stereocenters. The lowest BCUT2D eigenvalue weighted by Crippen LogP contribution is -2.51. The molecule has 10 nitrogen and oxygen atoms in total. The number of anilines is 4. The van der Waals surface area contributed by atoms with Crippen molar-refractivity contribution < 1.29 is 9.53 Å². The van der Waals surface area contributed by atoms with Gasteiger partial charge in [0.2, 0.25) is 5.91 Å². The zero-order chi connectivity index (χ0) is 28.9. The van der Waals surface area contributed by atoms with E-state index in [9.17, 15) is 4.79 Å². The van der Waals surface area contributed by atoms with Crippen molar-refractivity contribution in [1.82, 2.24) is 24.8 Å². The molecule has 1 aliphatic rings. The van der Waals surface area contributed by atoms with Crippen LogP contribution in [-0.4, -0.2) is 90.6 Å². The van der Waals surface area contributed by atoms with E-state index in [0.29, 0.717) is 29.0 Å². The standard InChI is InChI=1S/C30H36N8O2S/c1-6-30(39)35-24-14-25(27(40-5)16-26(24)37(4)10-12-38-11-9-36(3)20(2)17-38)34-29-15-23(31-18-32-29)21-7-8-22-28(13-21)41-19-33-22/h6-8,13-16,18-20H,1,9-12,17H2,2-5H3,(H,35,39)(H,31,32,34)/t20-/m0/s1. The second-order valence-corrected chi connectivity index (χ2v) is 11.1. The Morgan fingerprint density at radius 2 is 2.05 bits per heavy atom. The summed E-state index contributed by atoms with van der Waals surface area (Å²) in [6, 6.07) is 12.3. The van der Waals surface area contributed by atoms with Gasteiger partial charge in [-0.05, 0) is 38.2 Å². The van der Waals surface area contributed by atoms with Gasteiger partial charge in [-0.3, -0.25) is 9.69 Å². The summed E-state index contributed by atoms with van der Waals surface area (Å²) in [5, 5.41) is 6.33. The Balaban J connectivity index is 1.39. The molecule has 41 heavy (non-hydrogen) atoms. The summed E-state index contributed by atoms with van der Waals surface area (Å²) >= 11 is 1.59. The molecule has 3 heterocycles. The average molecular weight is 573 g/mol. The van der Waals surface area contributed by atoms with Crippen LogP contribution < -0.4 is 20.3 Å². The molecule has 2 aromatic heterocycles. The molecule has 1 aliphatic heterocycles. The summed E-state index contributed by atoms with van der Waals surface area (Å²) in [7, 11) is 5.84. The summed E-state index contributed by atoms with van der Waals surface area (Å²) in [4.78, 5) is 32.7. The molecule has 1 amide bonds. The minimum atomic E-state index is -0.286. The maximum Gasteiger partial charge on any atom is 0.247 e. The first-order chi connectivity index (χ1) is 19.8. The van der Waals surface area contributed by atoms with E-state index in [1.807, 2.05) is 42.9 Å². The van der Waals surface area contributed by atoms with E-state index in [-0.39, 0.29) is 5.91 Å². The van der Waals surface area contributed by atoms with Crippen molar-refractivity contribution >= 4 is 50.3 Å². The highest BCUT2D eigenvalue weighted by Crippen LogP contribution is 2.38. The fraction of sp³-hybridized carbons (Fsp3) is 0.333. The van der Waals surface area contributed by atoms with Crippen LogP contribution in [0.15, 0.2) is 60.9 Å². The molecule has 0 saturated carbocycles. The Morgan fingerprint density at radius 3 is 2.83 bits per heavy atom. The zero-order valence-electron chi connectivity index (χ0n) is 23.9. The molecule has 2 N–H and O–H groups in total. The van der Waals surface area contributed by atoms with Crippen LogP contribution in [0.4, 0.5) is 22.9 Å². The third kappa shape index (κ3) is 6.64. The van der Waals surface area contributed by atoms with Crippen molar-refractivity contribution in [2.75, 3.05) is 69.5 Å². The van der Waals surface area contributed by atoms with Gasteiger partial charge < -0.3 is 25.2 Å². The van der Waals surface area contributed by atoms with Gasteiger partial charge >= 0.3 is 0 Å². The molecule has 1 atom stereocenters. The smallest absolute Gasteiger partial charge is 0.247 e. The lowest BCUT2D eigenvalue weighted by Gasteiger charge is -2.38. The predicted molar refractivity (Wildman–Crippen MR) is 168 cm³/mol. The van der Waals surface area contributed by atoms with Gasteiger partial charge in [-0.2, -0.15) is 0 Å². The van der Waals surface area contributed by atoms with Gasteiger partial charge in [-0.1, -0.05) is 12.6 Å². The number of rotatable bonds is 10. The Hall–Kier alpha value is -4.06. The number of methoxy groups -OCH3 is 1. The number of aromatic nitrogens is 3. The molecule has 0 aliphatic carbocycles. The number of piperazine rings is 1. The maximum absolute atomic E-state index is 12.4. The van der Waals surface area contributed by atoms with Gasteiger partial charge in [-0.25, -0.2) is 15.0 Å². The maximum atomic E-state index is 12.4. The normalized spacial score (nSPS) is 16.0. The first kappa shape index (κ1) is 28.5. The largest absolute Gasteiger partial charge is 0.494 e. The minimum Gasteiger partial charge on any atom is -0.494 e. The number of nitrogens with zero attached hydrogens (tertiary/aromatic N) is 6. The quantitative estimate of drug-likeness (QED) is 0.262. The number of fused-ring (bicyclic) bond motifs is 1. The van der Waals surface area contributed by atoms with Crippen LogP contribution in [0.5, 0.6) is 5.75 Å². The predicted octanol–water partition coefficient (Wildman–Crippen LogP) is 4.70. The van der Waals surface area contributed by atoms with E-state index in [1.165, 1.54) is 12.4 Å². The van der Waals surface area contributed by atoms with Gasteiger partial charge in [0.15, 0.2) is 0 Å². The summed E-state index contributed by atoms with van der Waals surface area (Å²) in [6.45, 7) is 10.7. The molecule has 0 bridgehead atoms. The molecule has 2 aromatic carbocycles. The van der Waals surface area contributed by atoms with Crippen LogP contribution in [0.25, 0.3) is 21.5 Å². The van der Waals surface area contributed by atoms with Gasteiger partial charge in [0.05, 0.1) is 45.6 Å². The van der Waals surface area contributed by atoms with E-state index in [0.717, 1.165) is 59.9 Å². The molecule has 1 saturated heterocycles. The Bertz CT molecular complexity index is 1540. The average Bonchev–Trinajstić information content (AvgIpc) is 3.46. The number of carbonyl (C=O) groups excluding carboxylic acids is 1. The first-order valence-corrected chi connectivity index (χ1v) is 14.4. The number of likely N-dealkylation sites (N-methyl/N-ethyl adjacent to an activating group) is 2. The van der Waals surface area contributed by atoms with Crippen molar-refractivity contribution in [3.05, 3.63) is 60.9 Å². The summed E-state index contributed by atoms with van der Waals surface area (Å²) in [5.74, 6) is 0.943. The molecule has 1 fully saturated rings. The van der Waals surface area contributed by atoms with Gasteiger partial charge in [0.1, 0.15) is 17.9 Å². The van der Waals surface area contributed by atoms with Crippen LogP contribution >= 0.6 is 11.3 Å². The lowest BCUT2D eigenvalue weighted by molar-refractivity contribution is -0.111. The molecular weight excluding hydrogens is 536 g/mol. The highest BCUT2D eigenvalue weighted by Gasteiger charge is 2.22. The van der Waals surface area contributed by atoms with Crippen molar-refractivity contribution in [2.45, 2.75) is 13.0 Å². The van der Waals surface area contributed by atoms with Crippen molar-refractivity contribution in [2.24, 2.45) is 0 Å². The number of nitrogens with one attached hydrogen (secondary N) is 2. The van der Waals surface area contributed by atoms with Gasteiger partial charge in [0.25, 0.3) is 0 Å². The second kappa shape index (κ2) is 12.6. The minimum absolute atomic E-state index is 0.286. The Morgan fingerprint density at radius 1 is 1.20 bits per heavy atom. The highest BCUT2D eigenvalue weighted by molar-refractivity contribution is 7.16. The number of ether oxygens (including phenoxy) is 1. The Labute approximate surface area is 244 Å². The summed E-state index contributed by atoms with van der Waals surface area (Å²) in [6.07, 6.45) is 2.80. The number of benzene rings is 2. The lowest BCUT2D eigenvalue weighted by atomic mass is 10.1. The van der Waals surface area contributed by atoms with Crippen LogP contribution in [-0.2, 0) is 4.79 Å². The topological polar surface area (TPSA) is 98.7 Å². The molecule has 0 spiro atoms. The molecule has 214 valence electrons. The molecule has 4 aromatic rings. The van der Waals surface area contributed by atoms with E-state index in [4.69, 9.17) is 4.74 Å². The van der Waals surface area contributed by atoms with Gasteiger partial charge in [-0.15, -0.1) is 11.3 Å². The van der Waals surface area contributed by atoms with E-state index < -0.39 is 0 Å². The van der Waals surface area contributed by atoms with E-state index >= 15 is 0 Å². The fourth-order valence-electron chi connectivity index (χ4n) is 4.91. The monoisotopic (exact) mass is 572 g/mol. The number of thiazole rings is 1. The SMILES string of the molecule is C=CC(=O)Nc1cc(Nc2cc(-c3ccc4ncsc4c3)ncn2)c(OC)cc1N(C)CCN1CCN(C)[C@@H](C)C1. The Kier molecular flexibility index (Phi) is 8.77. The summed E-state index contributed by atoms with van der Waals surface area (Å²) in [5.41, 5.74) is 6.73. The van der Waals surface area contributed by atoms with Crippen molar-refractivity contribution in [3.63, 3.8) is 0 Å². The molecular formula is C30H36N8O2S. The number of hydrogen-bond acceptors (Lipinski definition) is 10. The van der Waals surface area contributed by atoms with E-state index in [1.54, 1.807) is 18.4 Å². The van der Waals surface area contributed by atoms with Gasteiger partial charge in [0, 0.05) is 63.5 Å². The zero-order valence-corrected chi connectivity index (χ0v) is 24.7. The van der Waals surface area contributed by atoms with Crippen LogP contribution in [0.3, 0.4) is 0 Å². The number of hydrogen-bond donors (Lipinski definition) is 2. The molecule has 5 rings (SSSR count). The fourth-order valence-corrected chi connectivity index (χ4v) is 5.63.